The summed E-state index contributed by atoms with van der Waals surface area (Å²) in [7, 11) is 0. The first-order valence-electron chi connectivity index (χ1n) is 6.79. The zero-order valence-electron chi connectivity index (χ0n) is 11.1. The predicted octanol–water partition coefficient (Wildman–Crippen LogP) is 1.80. The van der Waals surface area contributed by atoms with E-state index < -0.39 is 0 Å². The first-order valence-corrected chi connectivity index (χ1v) is 6.79. The molecular formula is C14H17FN4O. The van der Waals surface area contributed by atoms with Crippen molar-refractivity contribution < 1.29 is 8.91 Å². The molecule has 6 heteroatoms. The van der Waals surface area contributed by atoms with Crippen LogP contribution in [0, 0.1) is 5.82 Å². The van der Waals surface area contributed by atoms with E-state index >= 15 is 0 Å². The van der Waals surface area contributed by atoms with E-state index in [0.29, 0.717) is 30.8 Å². The van der Waals surface area contributed by atoms with Gasteiger partial charge in [-0.2, -0.15) is 4.98 Å². The fourth-order valence-electron chi connectivity index (χ4n) is 2.58. The van der Waals surface area contributed by atoms with Crippen LogP contribution in [0.4, 0.5) is 4.39 Å². The Labute approximate surface area is 116 Å². The van der Waals surface area contributed by atoms with Crippen LogP contribution in [-0.2, 0) is 6.54 Å². The van der Waals surface area contributed by atoms with Crippen LogP contribution in [0.25, 0.3) is 11.5 Å². The van der Waals surface area contributed by atoms with Crippen molar-refractivity contribution >= 4 is 0 Å². The highest BCUT2D eigenvalue weighted by molar-refractivity contribution is 5.52. The minimum Gasteiger partial charge on any atom is -0.334 e. The van der Waals surface area contributed by atoms with Crippen molar-refractivity contribution in [3.8, 4) is 11.5 Å². The fourth-order valence-corrected chi connectivity index (χ4v) is 2.58. The maximum absolute atomic E-state index is 12.9. The van der Waals surface area contributed by atoms with E-state index in [4.69, 9.17) is 10.3 Å². The molecule has 0 bridgehead atoms. The van der Waals surface area contributed by atoms with Crippen molar-refractivity contribution in [1.82, 2.24) is 15.0 Å². The molecule has 1 aliphatic heterocycles. The highest BCUT2D eigenvalue weighted by atomic mass is 19.1. The molecule has 5 nitrogen and oxygen atoms in total. The predicted molar refractivity (Wildman–Crippen MR) is 72.2 cm³/mol. The van der Waals surface area contributed by atoms with Crippen molar-refractivity contribution in [2.75, 3.05) is 13.1 Å². The lowest BCUT2D eigenvalue weighted by Gasteiger charge is -2.20. The molecule has 2 aromatic rings. The van der Waals surface area contributed by atoms with Gasteiger partial charge in [0.25, 0.3) is 5.89 Å². The number of aromatic nitrogens is 2. The highest BCUT2D eigenvalue weighted by Crippen LogP contribution is 2.21. The molecule has 1 aromatic carbocycles. The molecule has 0 spiro atoms. The SMILES string of the molecule is NCC1CCCN1Cc1noc(-c2ccc(F)cc2)n1. The average Bonchev–Trinajstić information content (AvgIpc) is 3.09. The van der Waals surface area contributed by atoms with E-state index in [-0.39, 0.29) is 5.82 Å². The van der Waals surface area contributed by atoms with Crippen molar-refractivity contribution in [3.63, 3.8) is 0 Å². The highest BCUT2D eigenvalue weighted by Gasteiger charge is 2.24. The lowest BCUT2D eigenvalue weighted by Crippen LogP contribution is -2.35. The van der Waals surface area contributed by atoms with Crippen LogP contribution in [0.1, 0.15) is 18.7 Å². The van der Waals surface area contributed by atoms with Gasteiger partial charge in [0.1, 0.15) is 5.82 Å². The Morgan fingerprint density at radius 2 is 2.15 bits per heavy atom. The topological polar surface area (TPSA) is 68.2 Å². The molecule has 0 saturated carbocycles. The smallest absolute Gasteiger partial charge is 0.257 e. The molecule has 106 valence electrons. The van der Waals surface area contributed by atoms with Crippen LogP contribution in [0.2, 0.25) is 0 Å². The van der Waals surface area contributed by atoms with Crippen molar-refractivity contribution in [3.05, 3.63) is 35.9 Å². The van der Waals surface area contributed by atoms with E-state index in [1.807, 2.05) is 0 Å². The molecule has 0 aliphatic carbocycles. The first-order chi connectivity index (χ1) is 9.76. The Morgan fingerprint density at radius 1 is 1.35 bits per heavy atom. The van der Waals surface area contributed by atoms with Crippen LogP contribution in [0.15, 0.2) is 28.8 Å². The van der Waals surface area contributed by atoms with E-state index in [9.17, 15) is 4.39 Å². The number of hydrogen-bond acceptors (Lipinski definition) is 5. The minimum absolute atomic E-state index is 0.281. The van der Waals surface area contributed by atoms with Gasteiger partial charge in [-0.3, -0.25) is 4.90 Å². The van der Waals surface area contributed by atoms with Gasteiger partial charge in [0.2, 0.25) is 0 Å². The number of nitrogens with two attached hydrogens (primary N) is 1. The molecule has 20 heavy (non-hydrogen) atoms. The Balaban J connectivity index is 1.72. The first kappa shape index (κ1) is 13.2. The number of rotatable bonds is 4. The number of benzene rings is 1. The maximum Gasteiger partial charge on any atom is 0.257 e. The second-order valence-electron chi connectivity index (χ2n) is 5.02. The fraction of sp³-hybridized carbons (Fsp3) is 0.429. The van der Waals surface area contributed by atoms with Gasteiger partial charge in [0, 0.05) is 18.2 Å². The van der Waals surface area contributed by atoms with Gasteiger partial charge >= 0.3 is 0 Å². The van der Waals surface area contributed by atoms with Gasteiger partial charge in [-0.05, 0) is 43.7 Å². The van der Waals surface area contributed by atoms with Crippen LogP contribution in [0.5, 0.6) is 0 Å². The molecule has 1 aliphatic rings. The zero-order valence-corrected chi connectivity index (χ0v) is 11.1. The zero-order chi connectivity index (χ0) is 13.9. The Morgan fingerprint density at radius 3 is 2.90 bits per heavy atom. The molecule has 1 fully saturated rings. The molecule has 2 heterocycles. The van der Waals surface area contributed by atoms with Gasteiger partial charge in [0.05, 0.1) is 6.54 Å². The number of hydrogen-bond donors (Lipinski definition) is 1. The van der Waals surface area contributed by atoms with E-state index in [1.165, 1.54) is 12.1 Å². The van der Waals surface area contributed by atoms with Gasteiger partial charge < -0.3 is 10.3 Å². The Bertz CT molecular complexity index is 569. The molecule has 2 N–H and O–H groups in total. The van der Waals surface area contributed by atoms with Gasteiger partial charge in [-0.15, -0.1) is 0 Å². The number of nitrogens with zero attached hydrogens (tertiary/aromatic N) is 3. The van der Waals surface area contributed by atoms with E-state index in [2.05, 4.69) is 15.0 Å². The summed E-state index contributed by atoms with van der Waals surface area (Å²) in [5.74, 6) is 0.782. The number of likely N-dealkylation sites (tertiary alicyclic amines) is 1. The summed E-state index contributed by atoms with van der Waals surface area (Å²) in [5.41, 5.74) is 6.47. The minimum atomic E-state index is -0.281. The van der Waals surface area contributed by atoms with Crippen molar-refractivity contribution in [2.45, 2.75) is 25.4 Å². The van der Waals surface area contributed by atoms with Crippen LogP contribution < -0.4 is 5.73 Å². The second-order valence-corrected chi connectivity index (χ2v) is 5.02. The average molecular weight is 276 g/mol. The lowest BCUT2D eigenvalue weighted by molar-refractivity contribution is 0.240. The maximum atomic E-state index is 12.9. The van der Waals surface area contributed by atoms with Crippen molar-refractivity contribution in [1.29, 1.82) is 0 Å². The van der Waals surface area contributed by atoms with Gasteiger partial charge in [0.15, 0.2) is 5.82 Å². The third-order valence-corrected chi connectivity index (χ3v) is 3.67. The normalized spacial score (nSPS) is 19.6. The Hall–Kier alpha value is -1.79. The second kappa shape index (κ2) is 5.68. The number of halogens is 1. The molecule has 1 atom stereocenters. The van der Waals surface area contributed by atoms with E-state index in [0.717, 1.165) is 24.9 Å². The molecular weight excluding hydrogens is 259 g/mol. The standard InChI is InChI=1S/C14H17FN4O/c15-11-5-3-10(4-6-11)14-17-13(18-20-14)9-19-7-1-2-12(19)8-16/h3-6,12H,1-2,7-9,16H2. The molecule has 0 radical (unpaired) electrons. The monoisotopic (exact) mass is 276 g/mol. The van der Waals surface area contributed by atoms with Gasteiger partial charge in [-0.1, -0.05) is 5.16 Å². The summed E-state index contributed by atoms with van der Waals surface area (Å²) >= 11 is 0. The molecule has 1 saturated heterocycles. The van der Waals surface area contributed by atoms with Crippen LogP contribution in [-0.4, -0.2) is 34.2 Å². The van der Waals surface area contributed by atoms with Crippen molar-refractivity contribution in [2.24, 2.45) is 5.73 Å². The summed E-state index contributed by atoms with van der Waals surface area (Å²) in [5, 5.41) is 3.98. The molecule has 0 amide bonds. The summed E-state index contributed by atoms with van der Waals surface area (Å²) in [6.45, 7) is 2.32. The summed E-state index contributed by atoms with van der Waals surface area (Å²) in [6.07, 6.45) is 2.28. The molecule has 1 aromatic heterocycles. The third kappa shape index (κ3) is 2.71. The summed E-state index contributed by atoms with van der Waals surface area (Å²) in [4.78, 5) is 6.64. The van der Waals surface area contributed by atoms with Crippen LogP contribution >= 0.6 is 0 Å². The van der Waals surface area contributed by atoms with Gasteiger partial charge in [-0.25, -0.2) is 4.39 Å². The third-order valence-electron chi connectivity index (χ3n) is 3.67. The summed E-state index contributed by atoms with van der Waals surface area (Å²) < 4.78 is 18.1. The largest absolute Gasteiger partial charge is 0.334 e. The Kier molecular flexibility index (Phi) is 3.75. The molecule has 3 rings (SSSR count). The summed E-state index contributed by atoms with van der Waals surface area (Å²) in [6, 6.07) is 6.42. The molecule has 1 unspecified atom stereocenters. The quantitative estimate of drug-likeness (QED) is 0.922. The lowest BCUT2D eigenvalue weighted by atomic mass is 10.2. The van der Waals surface area contributed by atoms with E-state index in [1.54, 1.807) is 12.1 Å². The van der Waals surface area contributed by atoms with Crippen LogP contribution in [0.3, 0.4) is 0 Å².